The molecule has 0 radical (unpaired) electrons. The monoisotopic (exact) mass is 184 g/mol. The topological polar surface area (TPSA) is 18.5 Å². The summed E-state index contributed by atoms with van der Waals surface area (Å²) >= 11 is 5.88. The fourth-order valence-corrected chi connectivity index (χ4v) is 1.18. The van der Waals surface area contributed by atoms with Gasteiger partial charge < -0.3 is 9.47 Å². The molecule has 0 unspecified atom stereocenters. The maximum absolute atomic E-state index is 5.88. The molecule has 1 aromatic carbocycles. The number of hydrogen-bond donors (Lipinski definition) is 0. The van der Waals surface area contributed by atoms with Crippen molar-refractivity contribution in [2.45, 2.75) is 6.10 Å². The van der Waals surface area contributed by atoms with Crippen molar-refractivity contribution >= 4 is 11.6 Å². The highest BCUT2D eigenvalue weighted by Crippen LogP contribution is 2.25. The van der Waals surface area contributed by atoms with Gasteiger partial charge in [-0.15, -0.1) is 0 Å². The van der Waals surface area contributed by atoms with E-state index >= 15 is 0 Å². The molecule has 1 aliphatic heterocycles. The maximum atomic E-state index is 5.88. The van der Waals surface area contributed by atoms with Crippen LogP contribution in [0.3, 0.4) is 0 Å². The van der Waals surface area contributed by atoms with E-state index in [0.717, 1.165) is 5.75 Å². The van der Waals surface area contributed by atoms with Crippen LogP contribution in [0.1, 0.15) is 0 Å². The summed E-state index contributed by atoms with van der Waals surface area (Å²) in [6.07, 6.45) is 0.185. The molecule has 1 aromatic rings. The zero-order chi connectivity index (χ0) is 8.39. The zero-order valence-corrected chi connectivity index (χ0v) is 7.25. The van der Waals surface area contributed by atoms with Crippen molar-refractivity contribution in [2.75, 3.05) is 13.2 Å². The van der Waals surface area contributed by atoms with Crippen LogP contribution in [0.2, 0.25) is 5.02 Å². The van der Waals surface area contributed by atoms with Crippen LogP contribution in [0.4, 0.5) is 0 Å². The number of hydrogen-bond acceptors (Lipinski definition) is 2. The summed E-state index contributed by atoms with van der Waals surface area (Å²) in [6.45, 7) is 1.34. The summed E-state index contributed by atoms with van der Waals surface area (Å²) in [5.41, 5.74) is 0. The van der Waals surface area contributed by atoms with Gasteiger partial charge in [0.1, 0.15) is 11.9 Å². The van der Waals surface area contributed by atoms with Crippen LogP contribution in [0.5, 0.6) is 5.75 Å². The second-order valence-corrected chi connectivity index (χ2v) is 3.11. The van der Waals surface area contributed by atoms with Crippen LogP contribution in [-0.4, -0.2) is 19.3 Å². The second-order valence-electron chi connectivity index (χ2n) is 2.71. The zero-order valence-electron chi connectivity index (χ0n) is 6.50. The molecule has 1 saturated heterocycles. The lowest BCUT2D eigenvalue weighted by molar-refractivity contribution is -0.0796. The average Bonchev–Trinajstić information content (AvgIpc) is 2.00. The number of para-hydroxylation sites is 1. The van der Waals surface area contributed by atoms with Crippen LogP contribution in [0.25, 0.3) is 0 Å². The number of benzene rings is 1. The van der Waals surface area contributed by atoms with Crippen LogP contribution >= 0.6 is 11.6 Å². The van der Waals surface area contributed by atoms with Crippen LogP contribution in [-0.2, 0) is 4.74 Å². The van der Waals surface area contributed by atoms with Crippen LogP contribution in [0.15, 0.2) is 24.3 Å². The van der Waals surface area contributed by atoms with E-state index in [1.54, 1.807) is 0 Å². The Labute approximate surface area is 76.1 Å². The normalized spacial score (nSPS) is 17.1. The minimum atomic E-state index is 0.185. The lowest BCUT2D eigenvalue weighted by Gasteiger charge is -2.26. The summed E-state index contributed by atoms with van der Waals surface area (Å²) < 4.78 is 10.5. The Bertz CT molecular complexity index is 271. The molecule has 64 valence electrons. The van der Waals surface area contributed by atoms with E-state index in [2.05, 4.69) is 0 Å². The van der Waals surface area contributed by atoms with Gasteiger partial charge in [0.2, 0.25) is 0 Å². The molecule has 0 saturated carbocycles. The quantitative estimate of drug-likeness (QED) is 0.701. The van der Waals surface area contributed by atoms with Crippen molar-refractivity contribution in [3.05, 3.63) is 29.3 Å². The van der Waals surface area contributed by atoms with E-state index < -0.39 is 0 Å². The summed E-state index contributed by atoms with van der Waals surface area (Å²) in [6, 6.07) is 7.46. The Kier molecular flexibility index (Phi) is 2.19. The average molecular weight is 185 g/mol. The lowest BCUT2D eigenvalue weighted by atomic mass is 10.3. The van der Waals surface area contributed by atoms with Gasteiger partial charge in [-0.2, -0.15) is 0 Å². The molecule has 1 fully saturated rings. The van der Waals surface area contributed by atoms with Gasteiger partial charge in [0.15, 0.2) is 0 Å². The van der Waals surface area contributed by atoms with Crippen LogP contribution in [0, 0.1) is 0 Å². The third-order valence-electron chi connectivity index (χ3n) is 1.74. The van der Waals surface area contributed by atoms with E-state index in [-0.39, 0.29) is 6.10 Å². The van der Waals surface area contributed by atoms with Crippen molar-refractivity contribution in [2.24, 2.45) is 0 Å². The molecule has 0 atom stereocenters. The highest BCUT2D eigenvalue weighted by Gasteiger charge is 2.20. The summed E-state index contributed by atoms with van der Waals surface area (Å²) in [5.74, 6) is 0.743. The Morgan fingerprint density at radius 2 is 2.08 bits per heavy atom. The van der Waals surface area contributed by atoms with Crippen molar-refractivity contribution in [1.82, 2.24) is 0 Å². The minimum absolute atomic E-state index is 0.185. The van der Waals surface area contributed by atoms with Crippen LogP contribution < -0.4 is 4.74 Å². The Morgan fingerprint density at radius 1 is 1.33 bits per heavy atom. The summed E-state index contributed by atoms with van der Waals surface area (Å²) in [4.78, 5) is 0. The van der Waals surface area contributed by atoms with Gasteiger partial charge in [-0.05, 0) is 12.1 Å². The third-order valence-corrected chi connectivity index (χ3v) is 2.05. The first kappa shape index (κ1) is 7.90. The smallest absolute Gasteiger partial charge is 0.145 e. The highest BCUT2D eigenvalue weighted by molar-refractivity contribution is 6.32. The van der Waals surface area contributed by atoms with Gasteiger partial charge in [0.25, 0.3) is 0 Å². The van der Waals surface area contributed by atoms with Gasteiger partial charge in [0.05, 0.1) is 18.2 Å². The molecule has 0 bridgehead atoms. The molecule has 2 nitrogen and oxygen atoms in total. The predicted octanol–water partition coefficient (Wildman–Crippen LogP) is 2.12. The molecular weight excluding hydrogens is 176 g/mol. The highest BCUT2D eigenvalue weighted by atomic mass is 35.5. The largest absolute Gasteiger partial charge is 0.484 e. The van der Waals surface area contributed by atoms with Gasteiger partial charge in [-0.3, -0.25) is 0 Å². The minimum Gasteiger partial charge on any atom is -0.484 e. The Balaban J connectivity index is 2.06. The molecule has 3 heteroatoms. The van der Waals surface area contributed by atoms with Crippen molar-refractivity contribution < 1.29 is 9.47 Å². The molecule has 0 amide bonds. The number of rotatable bonds is 2. The standard InChI is InChI=1S/C9H9ClO2/c10-8-3-1-2-4-9(8)12-7-5-11-6-7/h1-4,7H,5-6H2. The van der Waals surface area contributed by atoms with Crippen molar-refractivity contribution in [1.29, 1.82) is 0 Å². The van der Waals surface area contributed by atoms with Gasteiger partial charge >= 0.3 is 0 Å². The summed E-state index contributed by atoms with van der Waals surface area (Å²) in [7, 11) is 0. The van der Waals surface area contributed by atoms with E-state index in [1.165, 1.54) is 0 Å². The molecule has 0 spiro atoms. The first-order chi connectivity index (χ1) is 5.86. The predicted molar refractivity (Wildman–Crippen MR) is 46.7 cm³/mol. The third kappa shape index (κ3) is 1.54. The van der Waals surface area contributed by atoms with Crippen molar-refractivity contribution in [3.63, 3.8) is 0 Å². The van der Waals surface area contributed by atoms with E-state index in [4.69, 9.17) is 21.1 Å². The number of ether oxygens (including phenoxy) is 2. The molecule has 0 aliphatic carbocycles. The first-order valence-electron chi connectivity index (χ1n) is 3.85. The SMILES string of the molecule is Clc1ccccc1OC1COC1. The van der Waals surface area contributed by atoms with E-state index in [0.29, 0.717) is 18.2 Å². The van der Waals surface area contributed by atoms with E-state index in [1.807, 2.05) is 24.3 Å². The number of halogens is 1. The molecule has 12 heavy (non-hydrogen) atoms. The maximum Gasteiger partial charge on any atom is 0.145 e. The van der Waals surface area contributed by atoms with Crippen molar-refractivity contribution in [3.8, 4) is 5.75 Å². The summed E-state index contributed by atoms with van der Waals surface area (Å²) in [5, 5.41) is 0.657. The molecule has 0 N–H and O–H groups in total. The lowest BCUT2D eigenvalue weighted by Crippen LogP contribution is -2.38. The second kappa shape index (κ2) is 3.33. The fourth-order valence-electron chi connectivity index (χ4n) is 1.00. The molecule has 1 heterocycles. The Hall–Kier alpha value is -0.730. The Morgan fingerprint density at radius 3 is 2.67 bits per heavy atom. The fraction of sp³-hybridized carbons (Fsp3) is 0.333. The molecule has 0 aromatic heterocycles. The van der Waals surface area contributed by atoms with Gasteiger partial charge in [0, 0.05) is 0 Å². The van der Waals surface area contributed by atoms with Gasteiger partial charge in [-0.25, -0.2) is 0 Å². The first-order valence-corrected chi connectivity index (χ1v) is 4.23. The van der Waals surface area contributed by atoms with Gasteiger partial charge in [-0.1, -0.05) is 23.7 Å². The molecule has 2 rings (SSSR count). The molecular formula is C9H9ClO2. The van der Waals surface area contributed by atoms with E-state index in [9.17, 15) is 0 Å². The molecule has 1 aliphatic rings.